The van der Waals surface area contributed by atoms with Gasteiger partial charge in [0.15, 0.2) is 11.7 Å². The molecule has 1 saturated heterocycles. The van der Waals surface area contributed by atoms with Crippen LogP contribution in [0, 0.1) is 5.95 Å². The number of imidazole rings is 1. The van der Waals surface area contributed by atoms with Gasteiger partial charge in [-0.2, -0.15) is 14.4 Å². The molecule has 3 aromatic rings. The number of nitrogens with one attached hydrogen (secondary N) is 1. The minimum absolute atomic E-state index is 0.0466. The van der Waals surface area contributed by atoms with Crippen LogP contribution in [0.1, 0.15) is 50.4 Å². The zero-order chi connectivity index (χ0) is 23.2. The van der Waals surface area contributed by atoms with Crippen LogP contribution >= 0.6 is 0 Å². The molecule has 2 aliphatic rings. The Bertz CT molecular complexity index is 1190. The minimum Gasteiger partial charge on any atom is -0.364 e. The highest BCUT2D eigenvalue weighted by Crippen LogP contribution is 2.43. The fourth-order valence-electron chi connectivity index (χ4n) is 5.04. The van der Waals surface area contributed by atoms with Gasteiger partial charge in [0.05, 0.1) is 24.8 Å². The van der Waals surface area contributed by atoms with Crippen LogP contribution in [-0.4, -0.2) is 43.0 Å². The summed E-state index contributed by atoms with van der Waals surface area (Å²) >= 11 is 0. The van der Waals surface area contributed by atoms with Crippen molar-refractivity contribution in [3.8, 4) is 0 Å². The third-order valence-electron chi connectivity index (χ3n) is 6.74. The second-order valence-electron chi connectivity index (χ2n) is 9.07. The van der Waals surface area contributed by atoms with E-state index in [4.69, 9.17) is 15.7 Å². The number of amides is 1. The molecule has 1 amide bonds. The summed E-state index contributed by atoms with van der Waals surface area (Å²) in [5.41, 5.74) is 8.55. The second-order valence-corrected chi connectivity index (χ2v) is 9.07. The predicted molar refractivity (Wildman–Crippen MR) is 123 cm³/mol. The van der Waals surface area contributed by atoms with E-state index in [1.807, 2.05) is 10.8 Å². The van der Waals surface area contributed by atoms with E-state index in [0.29, 0.717) is 42.3 Å². The van der Waals surface area contributed by atoms with Gasteiger partial charge in [-0.05, 0) is 39.2 Å². The normalized spacial score (nSPS) is 22.0. The number of aromatic nitrogens is 5. The Hall–Kier alpha value is -3.40. The molecule has 2 unspecified atom stereocenters. The summed E-state index contributed by atoms with van der Waals surface area (Å²) in [5, 5.41) is 3.38. The van der Waals surface area contributed by atoms with E-state index in [1.165, 1.54) is 12.3 Å². The lowest BCUT2D eigenvalue weighted by molar-refractivity contribution is -0.121. The summed E-state index contributed by atoms with van der Waals surface area (Å²) in [4.78, 5) is 30.8. The summed E-state index contributed by atoms with van der Waals surface area (Å²) in [6.07, 6.45) is 9.27. The van der Waals surface area contributed by atoms with E-state index in [1.54, 1.807) is 12.4 Å². The van der Waals surface area contributed by atoms with E-state index >= 15 is 0 Å². The van der Waals surface area contributed by atoms with E-state index in [0.717, 1.165) is 36.9 Å². The molecule has 9 nitrogen and oxygen atoms in total. The summed E-state index contributed by atoms with van der Waals surface area (Å²) in [7, 11) is 0. The number of hydrogen-bond acceptors (Lipinski definition) is 6. The molecule has 0 aromatic carbocycles. The Morgan fingerprint density at radius 1 is 1.24 bits per heavy atom. The molecule has 0 saturated carbocycles. The van der Waals surface area contributed by atoms with Gasteiger partial charge < -0.3 is 15.6 Å². The number of pyridine rings is 1. The van der Waals surface area contributed by atoms with Gasteiger partial charge >= 0.3 is 5.95 Å². The largest absolute Gasteiger partial charge is 0.364 e. The van der Waals surface area contributed by atoms with Gasteiger partial charge in [-0.15, -0.1) is 0 Å². The average Bonchev–Trinajstić information content (AvgIpc) is 3.53. The van der Waals surface area contributed by atoms with Crippen molar-refractivity contribution in [3.63, 3.8) is 0 Å². The fraction of sp³-hybridized carbons (Fsp3) is 0.435. The number of anilines is 2. The molecule has 0 bridgehead atoms. The summed E-state index contributed by atoms with van der Waals surface area (Å²) < 4.78 is 15.7. The number of nitrogens with two attached hydrogens (primary N) is 1. The van der Waals surface area contributed by atoms with Crippen molar-refractivity contribution < 1.29 is 9.18 Å². The lowest BCUT2D eigenvalue weighted by Gasteiger charge is -2.35. The molecular weight excluding hydrogens is 423 g/mol. The van der Waals surface area contributed by atoms with Gasteiger partial charge in [0, 0.05) is 36.7 Å². The van der Waals surface area contributed by atoms with E-state index in [9.17, 15) is 9.18 Å². The third kappa shape index (κ3) is 3.64. The molecule has 10 heteroatoms. The molecule has 33 heavy (non-hydrogen) atoms. The van der Waals surface area contributed by atoms with Crippen molar-refractivity contribution in [1.82, 2.24) is 29.0 Å². The van der Waals surface area contributed by atoms with E-state index < -0.39 is 17.9 Å². The SMILES string of the molecule is CC(C)n1cnc(Nc2nc([N+]3(c4ccc(F)nc4)CCCC3C(N)=O)nc3c2CCC3)c1. The van der Waals surface area contributed by atoms with Crippen molar-refractivity contribution in [2.45, 2.75) is 58.0 Å². The first-order valence-corrected chi connectivity index (χ1v) is 11.4. The number of hydrogen-bond donors (Lipinski definition) is 2. The van der Waals surface area contributed by atoms with Crippen molar-refractivity contribution in [2.24, 2.45) is 5.73 Å². The van der Waals surface area contributed by atoms with Crippen LogP contribution in [-0.2, 0) is 17.6 Å². The van der Waals surface area contributed by atoms with Gasteiger partial charge in [0.1, 0.15) is 11.6 Å². The zero-order valence-corrected chi connectivity index (χ0v) is 18.8. The average molecular weight is 452 g/mol. The number of nitrogens with zero attached hydrogens (tertiary/aromatic N) is 6. The highest BCUT2D eigenvalue weighted by atomic mass is 19.1. The predicted octanol–water partition coefficient (Wildman–Crippen LogP) is 3.31. The van der Waals surface area contributed by atoms with Crippen LogP contribution in [0.2, 0.25) is 0 Å². The Morgan fingerprint density at radius 2 is 2.09 bits per heavy atom. The van der Waals surface area contributed by atoms with Gasteiger partial charge in [-0.1, -0.05) is 0 Å². The highest BCUT2D eigenvalue weighted by molar-refractivity contribution is 5.84. The van der Waals surface area contributed by atoms with Crippen molar-refractivity contribution in [1.29, 1.82) is 0 Å². The Balaban J connectivity index is 1.65. The lowest BCUT2D eigenvalue weighted by Crippen LogP contribution is -2.55. The molecule has 0 radical (unpaired) electrons. The van der Waals surface area contributed by atoms with Crippen molar-refractivity contribution in [3.05, 3.63) is 48.1 Å². The monoisotopic (exact) mass is 451 g/mol. The van der Waals surface area contributed by atoms with Gasteiger partial charge in [0.25, 0.3) is 5.91 Å². The fourth-order valence-corrected chi connectivity index (χ4v) is 5.04. The highest BCUT2D eigenvalue weighted by Gasteiger charge is 2.52. The number of carbonyl (C=O) groups is 1. The Morgan fingerprint density at radius 3 is 2.79 bits per heavy atom. The molecule has 5 rings (SSSR count). The topological polar surface area (TPSA) is 112 Å². The molecule has 0 spiro atoms. The number of quaternary nitrogens is 1. The first-order valence-electron chi connectivity index (χ1n) is 11.4. The number of primary amides is 1. The first-order chi connectivity index (χ1) is 15.9. The van der Waals surface area contributed by atoms with Gasteiger partial charge in [-0.25, -0.2) is 14.5 Å². The van der Waals surface area contributed by atoms with Crippen molar-refractivity contribution in [2.75, 3.05) is 11.9 Å². The molecule has 3 N–H and O–H groups in total. The molecule has 1 aliphatic heterocycles. The van der Waals surface area contributed by atoms with Crippen LogP contribution in [0.15, 0.2) is 30.9 Å². The Labute approximate surface area is 191 Å². The van der Waals surface area contributed by atoms with Crippen LogP contribution in [0.5, 0.6) is 0 Å². The quantitative estimate of drug-likeness (QED) is 0.439. The smallest absolute Gasteiger partial charge is 0.337 e. The lowest BCUT2D eigenvalue weighted by atomic mass is 10.1. The standard InChI is InChI=1S/C23H27FN8O/c1-14(2)31-12-20(27-13-31)29-22-16-5-3-6-17(16)28-23(30-22)32(10-4-7-18(32)21(25)33)15-8-9-19(24)26-11-15/h8-9,11-14,18H,3-7,10H2,1-2H3,(H2-,25,28,29,30,33)/p+1. The van der Waals surface area contributed by atoms with Crippen LogP contribution in [0.3, 0.4) is 0 Å². The van der Waals surface area contributed by atoms with Gasteiger partial charge in [0.2, 0.25) is 5.95 Å². The molecule has 172 valence electrons. The third-order valence-corrected chi connectivity index (χ3v) is 6.74. The molecule has 1 fully saturated rings. The van der Waals surface area contributed by atoms with Crippen LogP contribution in [0.25, 0.3) is 0 Å². The molecule has 2 atom stereocenters. The van der Waals surface area contributed by atoms with E-state index in [2.05, 4.69) is 29.1 Å². The molecule has 3 aromatic heterocycles. The minimum atomic E-state index is -0.579. The Kier molecular flexibility index (Phi) is 5.32. The molecule has 1 aliphatic carbocycles. The number of rotatable bonds is 6. The van der Waals surface area contributed by atoms with Gasteiger partial charge in [-0.3, -0.25) is 4.79 Å². The number of halogens is 1. The summed E-state index contributed by atoms with van der Waals surface area (Å²) in [6, 6.07) is 2.69. The maximum atomic E-state index is 13.6. The van der Waals surface area contributed by atoms with Crippen LogP contribution < -0.4 is 15.5 Å². The number of carbonyl (C=O) groups excluding carboxylic acids is 1. The summed E-state index contributed by atoms with van der Waals surface area (Å²) in [5.74, 6) is 0.876. The zero-order valence-electron chi connectivity index (χ0n) is 18.8. The van der Waals surface area contributed by atoms with E-state index in [-0.39, 0.29) is 4.48 Å². The maximum absolute atomic E-state index is 13.6. The number of fused-ring (bicyclic) bond motifs is 1. The van der Waals surface area contributed by atoms with Crippen LogP contribution in [0.4, 0.5) is 27.7 Å². The second kappa shape index (κ2) is 8.18. The summed E-state index contributed by atoms with van der Waals surface area (Å²) in [6.45, 7) is 4.77. The number of aryl methyl sites for hydroxylation is 1. The molecule has 4 heterocycles. The van der Waals surface area contributed by atoms with Crippen molar-refractivity contribution >= 4 is 29.2 Å². The maximum Gasteiger partial charge on any atom is 0.337 e. The molecular formula is C23H28FN8O+. The first kappa shape index (κ1) is 21.4.